The van der Waals surface area contributed by atoms with Crippen molar-refractivity contribution in [2.45, 2.75) is 46.0 Å². The Labute approximate surface area is 124 Å². The Morgan fingerprint density at radius 1 is 1.35 bits per heavy atom. The molecule has 1 saturated carbocycles. The molecule has 1 amide bonds. The standard InChI is InChI=1S/C16H32N2O2/c1-13(2)15(8-9-17)6-7-16(19)18(3)10-11-20-12-14-4-5-14/h13-15H,4-12,17H2,1-3H3. The number of hydrogen-bond donors (Lipinski definition) is 1. The maximum absolute atomic E-state index is 12.1. The van der Waals surface area contributed by atoms with Gasteiger partial charge >= 0.3 is 0 Å². The minimum absolute atomic E-state index is 0.225. The monoisotopic (exact) mass is 284 g/mol. The van der Waals surface area contributed by atoms with Crippen LogP contribution in [-0.2, 0) is 9.53 Å². The lowest BCUT2D eigenvalue weighted by Gasteiger charge is -2.22. The van der Waals surface area contributed by atoms with Crippen LogP contribution in [0, 0.1) is 17.8 Å². The highest BCUT2D eigenvalue weighted by Crippen LogP contribution is 2.28. The van der Waals surface area contributed by atoms with Crippen molar-refractivity contribution in [3.05, 3.63) is 0 Å². The number of carbonyl (C=O) groups is 1. The number of nitrogens with two attached hydrogens (primary N) is 1. The SMILES string of the molecule is CC(C)C(CCN)CCC(=O)N(C)CCOCC1CC1. The molecule has 4 nitrogen and oxygen atoms in total. The second kappa shape index (κ2) is 9.35. The third-order valence-corrected chi connectivity index (χ3v) is 4.26. The van der Waals surface area contributed by atoms with E-state index in [0.29, 0.717) is 38.0 Å². The highest BCUT2D eigenvalue weighted by Gasteiger charge is 2.21. The normalized spacial score (nSPS) is 16.4. The van der Waals surface area contributed by atoms with Crippen LogP contribution in [-0.4, -0.2) is 44.2 Å². The summed E-state index contributed by atoms with van der Waals surface area (Å²) in [5.41, 5.74) is 5.63. The van der Waals surface area contributed by atoms with E-state index in [4.69, 9.17) is 10.5 Å². The summed E-state index contributed by atoms with van der Waals surface area (Å²) in [6.07, 6.45) is 5.21. The second-order valence-corrected chi connectivity index (χ2v) is 6.45. The van der Waals surface area contributed by atoms with Crippen molar-refractivity contribution in [3.63, 3.8) is 0 Å². The number of amides is 1. The quantitative estimate of drug-likeness (QED) is 0.592. The Balaban J connectivity index is 2.11. The molecule has 1 aliphatic carbocycles. The van der Waals surface area contributed by atoms with Gasteiger partial charge in [-0.1, -0.05) is 13.8 Å². The van der Waals surface area contributed by atoms with Gasteiger partial charge in [0.05, 0.1) is 6.61 Å². The topological polar surface area (TPSA) is 55.6 Å². The van der Waals surface area contributed by atoms with Gasteiger partial charge < -0.3 is 15.4 Å². The third kappa shape index (κ3) is 7.25. The number of likely N-dealkylation sites (N-methyl/N-ethyl adjacent to an activating group) is 1. The van der Waals surface area contributed by atoms with Gasteiger partial charge in [-0.15, -0.1) is 0 Å². The van der Waals surface area contributed by atoms with Crippen LogP contribution in [0.15, 0.2) is 0 Å². The van der Waals surface area contributed by atoms with Crippen LogP contribution in [0.25, 0.3) is 0 Å². The average Bonchev–Trinajstić information content (AvgIpc) is 3.22. The van der Waals surface area contributed by atoms with Crippen molar-refractivity contribution in [3.8, 4) is 0 Å². The largest absolute Gasteiger partial charge is 0.379 e. The van der Waals surface area contributed by atoms with Crippen LogP contribution < -0.4 is 5.73 Å². The van der Waals surface area contributed by atoms with Crippen LogP contribution in [0.3, 0.4) is 0 Å². The lowest BCUT2D eigenvalue weighted by Crippen LogP contribution is -2.31. The van der Waals surface area contributed by atoms with Crippen molar-refractivity contribution < 1.29 is 9.53 Å². The summed E-state index contributed by atoms with van der Waals surface area (Å²) in [6, 6.07) is 0. The maximum atomic E-state index is 12.1. The zero-order chi connectivity index (χ0) is 15.0. The summed E-state index contributed by atoms with van der Waals surface area (Å²) in [5, 5.41) is 0. The molecule has 0 saturated heterocycles. The van der Waals surface area contributed by atoms with E-state index in [-0.39, 0.29) is 5.91 Å². The molecule has 0 bridgehead atoms. The molecular formula is C16H32N2O2. The Kier molecular flexibility index (Phi) is 8.15. The molecule has 0 spiro atoms. The molecule has 0 aromatic rings. The molecule has 0 aliphatic heterocycles. The summed E-state index contributed by atoms with van der Waals surface area (Å²) in [7, 11) is 1.87. The molecule has 0 radical (unpaired) electrons. The number of hydrogen-bond acceptors (Lipinski definition) is 3. The van der Waals surface area contributed by atoms with E-state index in [1.807, 2.05) is 7.05 Å². The average molecular weight is 284 g/mol. The van der Waals surface area contributed by atoms with Gasteiger partial charge in [0.2, 0.25) is 5.91 Å². The molecule has 1 unspecified atom stereocenters. The first-order valence-corrected chi connectivity index (χ1v) is 8.06. The summed E-state index contributed by atoms with van der Waals surface area (Å²) < 4.78 is 5.57. The lowest BCUT2D eigenvalue weighted by molar-refractivity contribution is -0.131. The van der Waals surface area contributed by atoms with E-state index in [0.717, 1.165) is 25.4 Å². The molecule has 0 heterocycles. The van der Waals surface area contributed by atoms with Gasteiger partial charge in [-0.2, -0.15) is 0 Å². The predicted octanol–water partition coefficient (Wildman–Crippen LogP) is 2.27. The van der Waals surface area contributed by atoms with E-state index in [9.17, 15) is 4.79 Å². The highest BCUT2D eigenvalue weighted by molar-refractivity contribution is 5.75. The first kappa shape index (κ1) is 17.4. The zero-order valence-corrected chi connectivity index (χ0v) is 13.4. The molecule has 20 heavy (non-hydrogen) atoms. The van der Waals surface area contributed by atoms with Crippen molar-refractivity contribution in [1.82, 2.24) is 4.90 Å². The number of rotatable bonds is 11. The van der Waals surface area contributed by atoms with Crippen LogP contribution in [0.2, 0.25) is 0 Å². The van der Waals surface area contributed by atoms with E-state index in [1.54, 1.807) is 4.90 Å². The van der Waals surface area contributed by atoms with E-state index in [2.05, 4.69) is 13.8 Å². The summed E-state index contributed by atoms with van der Waals surface area (Å²) in [5.74, 6) is 2.17. The predicted molar refractivity (Wildman–Crippen MR) is 82.4 cm³/mol. The Bertz CT molecular complexity index is 278. The van der Waals surface area contributed by atoms with Gasteiger partial charge in [-0.05, 0) is 50.0 Å². The maximum Gasteiger partial charge on any atom is 0.222 e. The Morgan fingerprint density at radius 3 is 2.60 bits per heavy atom. The van der Waals surface area contributed by atoms with Crippen LogP contribution in [0.4, 0.5) is 0 Å². The van der Waals surface area contributed by atoms with Crippen LogP contribution in [0.1, 0.15) is 46.0 Å². The smallest absolute Gasteiger partial charge is 0.222 e. The fourth-order valence-corrected chi connectivity index (χ4v) is 2.39. The Morgan fingerprint density at radius 2 is 2.05 bits per heavy atom. The van der Waals surface area contributed by atoms with Gasteiger partial charge in [0.15, 0.2) is 0 Å². The molecule has 1 rings (SSSR count). The highest BCUT2D eigenvalue weighted by atomic mass is 16.5. The third-order valence-electron chi connectivity index (χ3n) is 4.26. The van der Waals surface area contributed by atoms with Gasteiger partial charge in [0, 0.05) is 26.6 Å². The van der Waals surface area contributed by atoms with Gasteiger partial charge in [-0.25, -0.2) is 0 Å². The van der Waals surface area contributed by atoms with E-state index >= 15 is 0 Å². The fraction of sp³-hybridized carbons (Fsp3) is 0.938. The van der Waals surface area contributed by atoms with Crippen molar-refractivity contribution >= 4 is 5.91 Å². The zero-order valence-electron chi connectivity index (χ0n) is 13.4. The fourth-order valence-electron chi connectivity index (χ4n) is 2.39. The number of carbonyl (C=O) groups excluding carboxylic acids is 1. The lowest BCUT2D eigenvalue weighted by atomic mass is 9.88. The molecule has 118 valence electrons. The molecule has 2 N–H and O–H groups in total. The van der Waals surface area contributed by atoms with Crippen LogP contribution in [0.5, 0.6) is 0 Å². The first-order valence-electron chi connectivity index (χ1n) is 8.06. The summed E-state index contributed by atoms with van der Waals surface area (Å²) >= 11 is 0. The first-order chi connectivity index (χ1) is 9.54. The number of nitrogens with zero attached hydrogens (tertiary/aromatic N) is 1. The Hall–Kier alpha value is -0.610. The minimum atomic E-state index is 0.225. The number of ether oxygens (including phenoxy) is 1. The molecule has 0 aromatic carbocycles. The van der Waals surface area contributed by atoms with Crippen LogP contribution >= 0.6 is 0 Å². The molecule has 0 aromatic heterocycles. The van der Waals surface area contributed by atoms with Crippen molar-refractivity contribution in [2.75, 3.05) is 33.4 Å². The van der Waals surface area contributed by atoms with Crippen molar-refractivity contribution in [1.29, 1.82) is 0 Å². The minimum Gasteiger partial charge on any atom is -0.379 e. The molecule has 1 atom stereocenters. The summed E-state index contributed by atoms with van der Waals surface area (Å²) in [4.78, 5) is 13.9. The van der Waals surface area contributed by atoms with Gasteiger partial charge in [0.25, 0.3) is 0 Å². The van der Waals surface area contributed by atoms with Gasteiger partial charge in [-0.3, -0.25) is 4.79 Å². The molecule has 1 aliphatic rings. The molecule has 4 heteroatoms. The summed E-state index contributed by atoms with van der Waals surface area (Å²) in [6.45, 7) is 7.36. The van der Waals surface area contributed by atoms with E-state index < -0.39 is 0 Å². The second-order valence-electron chi connectivity index (χ2n) is 6.45. The van der Waals surface area contributed by atoms with E-state index in [1.165, 1.54) is 12.8 Å². The van der Waals surface area contributed by atoms with Crippen molar-refractivity contribution in [2.24, 2.45) is 23.5 Å². The molecular weight excluding hydrogens is 252 g/mol. The molecule has 1 fully saturated rings. The van der Waals surface area contributed by atoms with Gasteiger partial charge in [0.1, 0.15) is 0 Å².